The van der Waals surface area contributed by atoms with Gasteiger partial charge in [0.25, 0.3) is 0 Å². The number of hydrogen-bond donors (Lipinski definition) is 2. The number of rotatable bonds is 8. The summed E-state index contributed by atoms with van der Waals surface area (Å²) < 4.78 is 24.6. The van der Waals surface area contributed by atoms with E-state index in [0.29, 0.717) is 31.4 Å². The molecule has 8 heteroatoms. The van der Waals surface area contributed by atoms with E-state index in [4.69, 9.17) is 0 Å². The Bertz CT molecular complexity index is 820. The first-order chi connectivity index (χ1) is 14.5. The molecule has 1 aromatic carbocycles. The van der Waals surface area contributed by atoms with Crippen LogP contribution >= 0.6 is 0 Å². The van der Waals surface area contributed by atoms with Crippen LogP contribution in [0.1, 0.15) is 44.1 Å². The van der Waals surface area contributed by atoms with Gasteiger partial charge in [-0.05, 0) is 31.2 Å². The van der Waals surface area contributed by atoms with Crippen molar-refractivity contribution in [2.24, 2.45) is 10.9 Å². The van der Waals surface area contributed by atoms with Crippen LogP contribution in [0, 0.1) is 5.92 Å². The van der Waals surface area contributed by atoms with Gasteiger partial charge in [-0.2, -0.15) is 0 Å². The fraction of sp³-hybridized carbons (Fsp3) is 0.636. The van der Waals surface area contributed by atoms with Crippen molar-refractivity contribution in [3.63, 3.8) is 0 Å². The number of nitrogens with one attached hydrogen (secondary N) is 2. The average Bonchev–Trinajstić information content (AvgIpc) is 3.42. The summed E-state index contributed by atoms with van der Waals surface area (Å²) in [5.41, 5.74) is 0.820. The summed E-state index contributed by atoms with van der Waals surface area (Å²) in [6, 6.07) is 9.45. The minimum Gasteiger partial charge on any atom is -0.356 e. The highest BCUT2D eigenvalue weighted by molar-refractivity contribution is 7.90. The Balaban J connectivity index is 1.36. The Kier molecular flexibility index (Phi) is 8.13. The number of nitrogens with zero attached hydrogens (tertiary/aromatic N) is 2. The van der Waals surface area contributed by atoms with Crippen molar-refractivity contribution in [3.05, 3.63) is 35.9 Å². The lowest BCUT2D eigenvalue weighted by molar-refractivity contribution is -0.134. The number of carbonyl (C=O) groups is 1. The minimum absolute atomic E-state index is 0.0771. The molecule has 0 spiro atoms. The monoisotopic (exact) mass is 434 g/mol. The van der Waals surface area contributed by atoms with Gasteiger partial charge in [-0.25, -0.2) is 8.42 Å². The van der Waals surface area contributed by atoms with Gasteiger partial charge in [0.05, 0.1) is 11.5 Å². The highest BCUT2D eigenvalue weighted by Gasteiger charge is 2.32. The zero-order valence-corrected chi connectivity index (χ0v) is 18.7. The van der Waals surface area contributed by atoms with Crippen LogP contribution in [-0.2, 0) is 20.4 Å². The largest absolute Gasteiger partial charge is 0.356 e. The Labute approximate surface area is 180 Å². The third kappa shape index (κ3) is 6.72. The summed E-state index contributed by atoms with van der Waals surface area (Å²) in [5, 5.41) is 6.58. The first-order valence-electron chi connectivity index (χ1n) is 11.0. The molecule has 3 rings (SSSR count). The van der Waals surface area contributed by atoms with E-state index < -0.39 is 9.84 Å². The molecular formula is C22H34N4O3S. The summed E-state index contributed by atoms with van der Waals surface area (Å²) in [7, 11) is -1.42. The lowest BCUT2D eigenvalue weighted by Gasteiger charge is -2.21. The van der Waals surface area contributed by atoms with Gasteiger partial charge in [0.1, 0.15) is 0 Å². The maximum Gasteiger partial charge on any atom is 0.225 e. The molecule has 1 atom stereocenters. The smallest absolute Gasteiger partial charge is 0.225 e. The quantitative estimate of drug-likeness (QED) is 0.371. The van der Waals surface area contributed by atoms with E-state index in [1.54, 1.807) is 7.05 Å². The molecule has 7 nitrogen and oxygen atoms in total. The lowest BCUT2D eigenvalue weighted by atomic mass is 10.1. The Morgan fingerprint density at radius 1 is 1.17 bits per heavy atom. The topological polar surface area (TPSA) is 90.9 Å². The van der Waals surface area contributed by atoms with Gasteiger partial charge in [0.2, 0.25) is 5.91 Å². The molecule has 1 unspecified atom stereocenters. The van der Waals surface area contributed by atoms with Crippen LogP contribution < -0.4 is 10.6 Å². The summed E-state index contributed by atoms with van der Waals surface area (Å²) in [4.78, 5) is 18.8. The van der Waals surface area contributed by atoms with Gasteiger partial charge < -0.3 is 15.5 Å². The molecule has 1 saturated heterocycles. The van der Waals surface area contributed by atoms with Crippen LogP contribution in [0.4, 0.5) is 0 Å². The molecule has 1 aliphatic carbocycles. The Morgan fingerprint density at radius 3 is 2.60 bits per heavy atom. The van der Waals surface area contributed by atoms with Gasteiger partial charge in [-0.15, -0.1) is 0 Å². The fourth-order valence-corrected chi connectivity index (χ4v) is 5.73. The van der Waals surface area contributed by atoms with Crippen LogP contribution in [0.3, 0.4) is 0 Å². The standard InChI is InChI=1S/C22H34N4O3S/c1-23-22(24-13-7-15-30(28,29)17-18-8-3-2-4-9-18)25-20-12-14-26(16-20)21(27)19-10-5-6-11-19/h2-4,8-9,19-20H,5-7,10-17H2,1H3,(H2,23,24,25). The summed E-state index contributed by atoms with van der Waals surface area (Å²) in [5.74, 6) is 1.41. The molecule has 0 radical (unpaired) electrons. The summed E-state index contributed by atoms with van der Waals surface area (Å²) in [6.07, 6.45) is 5.83. The second-order valence-corrected chi connectivity index (χ2v) is 10.5. The number of likely N-dealkylation sites (tertiary alicyclic amines) is 1. The summed E-state index contributed by atoms with van der Waals surface area (Å²) >= 11 is 0. The zero-order valence-electron chi connectivity index (χ0n) is 17.8. The third-order valence-electron chi connectivity index (χ3n) is 5.92. The zero-order chi connectivity index (χ0) is 21.4. The van der Waals surface area contributed by atoms with Crippen LogP contribution in [-0.4, -0.2) is 63.7 Å². The molecule has 0 aromatic heterocycles. The van der Waals surface area contributed by atoms with Crippen LogP contribution in [0.25, 0.3) is 0 Å². The molecule has 166 valence electrons. The van der Waals surface area contributed by atoms with Crippen molar-refractivity contribution >= 4 is 21.7 Å². The number of carbonyl (C=O) groups excluding carboxylic acids is 1. The molecule has 1 saturated carbocycles. The van der Waals surface area contributed by atoms with E-state index in [2.05, 4.69) is 15.6 Å². The third-order valence-corrected chi connectivity index (χ3v) is 7.61. The van der Waals surface area contributed by atoms with E-state index in [9.17, 15) is 13.2 Å². The average molecular weight is 435 g/mol. The Hall–Kier alpha value is -2.09. The van der Waals surface area contributed by atoms with Gasteiger partial charge in [0, 0.05) is 38.6 Å². The van der Waals surface area contributed by atoms with Crippen LogP contribution in [0.2, 0.25) is 0 Å². The van der Waals surface area contributed by atoms with E-state index in [1.807, 2.05) is 35.2 Å². The maximum atomic E-state index is 12.6. The van der Waals surface area contributed by atoms with Crippen molar-refractivity contribution in [2.75, 3.05) is 32.4 Å². The SMILES string of the molecule is CN=C(NCCCS(=O)(=O)Cc1ccccc1)NC1CCN(C(=O)C2CCCC2)C1. The number of guanidine groups is 1. The maximum absolute atomic E-state index is 12.6. The molecule has 0 bridgehead atoms. The molecule has 1 heterocycles. The van der Waals surface area contributed by atoms with Gasteiger partial charge in [-0.1, -0.05) is 43.2 Å². The molecular weight excluding hydrogens is 400 g/mol. The van der Waals surface area contributed by atoms with Gasteiger partial charge >= 0.3 is 0 Å². The molecule has 1 amide bonds. The van der Waals surface area contributed by atoms with E-state index in [1.165, 1.54) is 12.8 Å². The predicted octanol–water partition coefficient (Wildman–Crippen LogP) is 1.95. The normalized spacial score (nSPS) is 20.5. The van der Waals surface area contributed by atoms with Crippen LogP contribution in [0.5, 0.6) is 0 Å². The lowest BCUT2D eigenvalue weighted by Crippen LogP contribution is -2.45. The number of hydrogen-bond acceptors (Lipinski definition) is 4. The number of sulfone groups is 1. The molecule has 1 aliphatic heterocycles. The molecule has 2 N–H and O–H groups in total. The predicted molar refractivity (Wildman–Crippen MR) is 120 cm³/mol. The highest BCUT2D eigenvalue weighted by Crippen LogP contribution is 2.27. The van der Waals surface area contributed by atoms with E-state index >= 15 is 0 Å². The first kappa shape index (κ1) is 22.6. The minimum atomic E-state index is -3.13. The second kappa shape index (κ2) is 10.8. The van der Waals surface area contributed by atoms with Gasteiger partial charge in [0.15, 0.2) is 15.8 Å². The van der Waals surface area contributed by atoms with Crippen molar-refractivity contribution in [2.45, 2.75) is 50.3 Å². The Morgan fingerprint density at radius 2 is 1.90 bits per heavy atom. The van der Waals surface area contributed by atoms with Crippen molar-refractivity contribution < 1.29 is 13.2 Å². The van der Waals surface area contributed by atoms with Crippen molar-refractivity contribution in [1.82, 2.24) is 15.5 Å². The number of amides is 1. The number of aliphatic imine (C=N–C) groups is 1. The first-order valence-corrected chi connectivity index (χ1v) is 12.8. The molecule has 2 fully saturated rings. The van der Waals surface area contributed by atoms with E-state index in [0.717, 1.165) is 31.4 Å². The molecule has 30 heavy (non-hydrogen) atoms. The van der Waals surface area contributed by atoms with Crippen molar-refractivity contribution in [3.8, 4) is 0 Å². The van der Waals surface area contributed by atoms with Gasteiger partial charge in [-0.3, -0.25) is 9.79 Å². The highest BCUT2D eigenvalue weighted by atomic mass is 32.2. The second-order valence-electron chi connectivity index (χ2n) is 8.33. The number of benzene rings is 1. The van der Waals surface area contributed by atoms with Crippen LogP contribution in [0.15, 0.2) is 35.3 Å². The van der Waals surface area contributed by atoms with E-state index in [-0.39, 0.29) is 23.5 Å². The summed E-state index contributed by atoms with van der Waals surface area (Å²) in [6.45, 7) is 2.04. The molecule has 1 aromatic rings. The van der Waals surface area contributed by atoms with Crippen molar-refractivity contribution in [1.29, 1.82) is 0 Å². The molecule has 2 aliphatic rings. The fourth-order valence-electron chi connectivity index (χ4n) is 4.30.